The first-order valence-corrected chi connectivity index (χ1v) is 17.4. The van der Waals surface area contributed by atoms with Gasteiger partial charge < -0.3 is 25.6 Å². The SMILES string of the molecule is COC(=O)CN(CCC1CCN(c2cc(N3CCCC3C(=O)NCCc3ccc(C#N)cc3)nc(C(F)(F)F)n2)CC1)S(=O)(=O)CCN. The van der Waals surface area contributed by atoms with Crippen LogP contribution in [-0.2, 0) is 36.9 Å². The molecule has 48 heavy (non-hydrogen) atoms. The lowest BCUT2D eigenvalue weighted by Crippen LogP contribution is -2.44. The highest BCUT2D eigenvalue weighted by molar-refractivity contribution is 7.89. The first-order chi connectivity index (χ1) is 22.8. The van der Waals surface area contributed by atoms with Gasteiger partial charge in [-0.05, 0) is 62.1 Å². The number of benzene rings is 1. The van der Waals surface area contributed by atoms with Crippen LogP contribution < -0.4 is 20.9 Å². The molecule has 2 aliphatic heterocycles. The molecule has 2 fully saturated rings. The van der Waals surface area contributed by atoms with Crippen LogP contribution in [0, 0.1) is 17.2 Å². The van der Waals surface area contributed by atoms with E-state index in [1.165, 1.54) is 13.2 Å². The Balaban J connectivity index is 1.41. The van der Waals surface area contributed by atoms with Gasteiger partial charge in [0.2, 0.25) is 21.8 Å². The smallest absolute Gasteiger partial charge is 0.451 e. The lowest BCUT2D eigenvalue weighted by molar-refractivity contribution is -0.145. The van der Waals surface area contributed by atoms with E-state index in [0.717, 1.165) is 9.87 Å². The second-order valence-corrected chi connectivity index (χ2v) is 13.9. The van der Waals surface area contributed by atoms with E-state index in [2.05, 4.69) is 26.1 Å². The summed E-state index contributed by atoms with van der Waals surface area (Å²) in [5.41, 5.74) is 6.91. The van der Waals surface area contributed by atoms with E-state index in [0.29, 0.717) is 70.3 Å². The van der Waals surface area contributed by atoms with Crippen molar-refractivity contribution in [3.05, 3.63) is 47.3 Å². The maximum atomic E-state index is 14.0. The number of sulfonamides is 1. The van der Waals surface area contributed by atoms with Crippen LogP contribution in [-0.4, -0.2) is 99.3 Å². The molecule has 1 aromatic heterocycles. The van der Waals surface area contributed by atoms with E-state index in [9.17, 15) is 31.2 Å². The number of carbonyl (C=O) groups excluding carboxylic acids is 2. The van der Waals surface area contributed by atoms with Crippen LogP contribution in [0.1, 0.15) is 49.1 Å². The van der Waals surface area contributed by atoms with E-state index in [1.54, 1.807) is 21.9 Å². The summed E-state index contributed by atoms with van der Waals surface area (Å²) in [7, 11) is -2.59. The van der Waals surface area contributed by atoms with Gasteiger partial charge in [-0.2, -0.15) is 22.7 Å². The second-order valence-electron chi connectivity index (χ2n) is 11.8. The van der Waals surface area contributed by atoms with Gasteiger partial charge in [0.1, 0.15) is 24.2 Å². The van der Waals surface area contributed by atoms with Gasteiger partial charge in [0.05, 0.1) is 24.5 Å². The van der Waals surface area contributed by atoms with Gasteiger partial charge in [-0.25, -0.2) is 18.4 Å². The number of carbonyl (C=O) groups is 2. The Kier molecular flexibility index (Phi) is 12.6. The van der Waals surface area contributed by atoms with Crippen LogP contribution in [0.15, 0.2) is 30.3 Å². The van der Waals surface area contributed by atoms with E-state index >= 15 is 0 Å². The molecule has 1 atom stereocenters. The molecule has 3 heterocycles. The van der Waals surface area contributed by atoms with Crippen molar-refractivity contribution >= 4 is 33.5 Å². The number of esters is 1. The van der Waals surface area contributed by atoms with Crippen molar-refractivity contribution in [2.24, 2.45) is 11.7 Å². The fourth-order valence-electron chi connectivity index (χ4n) is 5.95. The zero-order chi connectivity index (χ0) is 34.9. The van der Waals surface area contributed by atoms with E-state index in [-0.39, 0.29) is 42.3 Å². The second kappa shape index (κ2) is 16.4. The van der Waals surface area contributed by atoms with Crippen LogP contribution >= 0.6 is 0 Å². The molecular formula is C31H41F3N8O5S. The topological polar surface area (TPSA) is 175 Å². The number of rotatable bonds is 14. The van der Waals surface area contributed by atoms with Gasteiger partial charge in [0.15, 0.2) is 0 Å². The molecule has 262 valence electrons. The summed E-state index contributed by atoms with van der Waals surface area (Å²) in [6.45, 7) is 1.01. The fourth-order valence-corrected chi connectivity index (χ4v) is 7.19. The number of halogens is 3. The number of piperidine rings is 1. The van der Waals surface area contributed by atoms with Gasteiger partial charge in [-0.3, -0.25) is 9.59 Å². The molecule has 1 amide bonds. The van der Waals surface area contributed by atoms with Crippen LogP contribution in [0.4, 0.5) is 24.8 Å². The van der Waals surface area contributed by atoms with Crippen LogP contribution in [0.3, 0.4) is 0 Å². The average molecular weight is 695 g/mol. The molecule has 2 saturated heterocycles. The molecule has 2 aromatic rings. The molecule has 3 N–H and O–H groups in total. The standard InChI is InChI=1S/C31H41F3N8O5S/c1-47-28(43)21-41(48(45,46)18-12-35)17-11-23-9-15-40(16-10-23)26-19-27(39-30(38-26)31(32,33)34)42-14-2-3-25(42)29(44)37-13-8-22-4-6-24(20-36)7-5-22/h4-7,19,23,25H,2-3,8-18,21,35H2,1H3,(H,37,44). The third kappa shape index (κ3) is 9.77. The molecule has 1 unspecified atom stereocenters. The molecule has 17 heteroatoms. The largest absolute Gasteiger partial charge is 0.468 e. The number of nitriles is 1. The lowest BCUT2D eigenvalue weighted by Gasteiger charge is -2.34. The number of amides is 1. The van der Waals surface area contributed by atoms with Gasteiger partial charge in [0, 0.05) is 45.3 Å². The normalized spacial score (nSPS) is 17.4. The number of methoxy groups -OCH3 is 1. The molecule has 13 nitrogen and oxygen atoms in total. The lowest BCUT2D eigenvalue weighted by atomic mass is 9.93. The number of nitrogens with two attached hydrogens (primary N) is 1. The van der Waals surface area contributed by atoms with Gasteiger partial charge >= 0.3 is 12.1 Å². The van der Waals surface area contributed by atoms with Gasteiger partial charge in [0.25, 0.3) is 0 Å². The van der Waals surface area contributed by atoms with Crippen LogP contribution in [0.25, 0.3) is 0 Å². The summed E-state index contributed by atoms with van der Waals surface area (Å²) < 4.78 is 72.9. The van der Waals surface area contributed by atoms with Crippen LogP contribution in [0.5, 0.6) is 0 Å². The van der Waals surface area contributed by atoms with Crippen molar-refractivity contribution in [2.45, 2.75) is 50.7 Å². The van der Waals surface area contributed by atoms with E-state index in [4.69, 9.17) is 11.0 Å². The minimum atomic E-state index is -4.81. The molecule has 0 aliphatic carbocycles. The number of hydrogen-bond donors (Lipinski definition) is 2. The number of nitrogens with one attached hydrogen (secondary N) is 1. The van der Waals surface area contributed by atoms with Crippen molar-refractivity contribution in [3.8, 4) is 6.07 Å². The Labute approximate surface area is 278 Å². The Morgan fingerprint density at radius 3 is 2.44 bits per heavy atom. The third-order valence-corrected chi connectivity index (χ3v) is 10.5. The molecule has 4 rings (SSSR count). The third-order valence-electron chi connectivity index (χ3n) is 8.63. The highest BCUT2D eigenvalue weighted by Gasteiger charge is 2.39. The summed E-state index contributed by atoms with van der Waals surface area (Å²) in [6, 6.07) is 9.87. The van der Waals surface area contributed by atoms with E-state index < -0.39 is 40.6 Å². The number of aromatic nitrogens is 2. The minimum Gasteiger partial charge on any atom is -0.468 e. The average Bonchev–Trinajstić information content (AvgIpc) is 3.57. The maximum Gasteiger partial charge on any atom is 0.451 e. The summed E-state index contributed by atoms with van der Waals surface area (Å²) in [5, 5.41) is 11.8. The van der Waals surface area contributed by atoms with Crippen LogP contribution in [0.2, 0.25) is 0 Å². The summed E-state index contributed by atoms with van der Waals surface area (Å²) in [5.74, 6) is -2.38. The first-order valence-electron chi connectivity index (χ1n) is 15.8. The number of alkyl halides is 3. The number of hydrogen-bond acceptors (Lipinski definition) is 11. The van der Waals surface area contributed by atoms with Gasteiger partial charge in [-0.1, -0.05) is 12.1 Å². The van der Waals surface area contributed by atoms with Crippen molar-refractivity contribution in [3.63, 3.8) is 0 Å². The number of anilines is 2. The summed E-state index contributed by atoms with van der Waals surface area (Å²) >= 11 is 0. The Morgan fingerprint density at radius 2 is 1.81 bits per heavy atom. The predicted octanol–water partition coefficient (Wildman–Crippen LogP) is 2.06. The predicted molar refractivity (Wildman–Crippen MR) is 171 cm³/mol. The molecular weight excluding hydrogens is 653 g/mol. The Hall–Kier alpha value is -4.01. The zero-order valence-corrected chi connectivity index (χ0v) is 27.6. The van der Waals surface area contributed by atoms with Crippen molar-refractivity contribution in [1.29, 1.82) is 5.26 Å². The van der Waals surface area contributed by atoms with Gasteiger partial charge in [-0.15, -0.1) is 0 Å². The molecule has 0 radical (unpaired) electrons. The molecule has 0 saturated carbocycles. The maximum absolute atomic E-state index is 14.0. The van der Waals surface area contributed by atoms with E-state index in [1.807, 2.05) is 12.1 Å². The highest BCUT2D eigenvalue weighted by Crippen LogP contribution is 2.34. The quantitative estimate of drug-likeness (QED) is 0.277. The Morgan fingerprint density at radius 1 is 1.12 bits per heavy atom. The number of ether oxygens (including phenoxy) is 1. The van der Waals surface area contributed by atoms with Crippen molar-refractivity contribution < 1.29 is 35.9 Å². The summed E-state index contributed by atoms with van der Waals surface area (Å²) in [4.78, 5) is 36.0. The Bertz CT molecular complexity index is 1560. The molecule has 2 aliphatic rings. The fraction of sp³-hybridized carbons (Fsp3) is 0.581. The van der Waals surface area contributed by atoms with Crippen molar-refractivity contribution in [1.82, 2.24) is 19.6 Å². The molecule has 0 bridgehead atoms. The zero-order valence-electron chi connectivity index (χ0n) is 26.8. The summed E-state index contributed by atoms with van der Waals surface area (Å²) in [6.07, 6.45) is -1.62. The molecule has 0 spiro atoms. The first kappa shape index (κ1) is 36.8. The molecule has 1 aromatic carbocycles. The highest BCUT2D eigenvalue weighted by atomic mass is 32.2. The minimum absolute atomic E-state index is 0.0303. The number of nitrogens with zero attached hydrogens (tertiary/aromatic N) is 6. The van der Waals surface area contributed by atoms with Crippen molar-refractivity contribution in [2.75, 3.05) is 68.5 Å². The monoisotopic (exact) mass is 694 g/mol.